The van der Waals surface area contributed by atoms with Gasteiger partial charge in [-0.1, -0.05) is 70.4 Å². The minimum absolute atomic E-state index is 1.03. The molecule has 0 saturated carbocycles. The van der Waals surface area contributed by atoms with Crippen molar-refractivity contribution in [2.24, 2.45) is 0 Å². The van der Waals surface area contributed by atoms with Crippen LogP contribution in [0.5, 0.6) is 0 Å². The second-order valence-corrected chi connectivity index (χ2v) is 3.74. The Morgan fingerprint density at radius 1 is 0.846 bits per heavy atom. The SMILES string of the molecule is CCCCCCCCCCC#CS. The summed E-state index contributed by atoms with van der Waals surface area (Å²) < 4.78 is 0. The molecule has 0 saturated heterocycles. The maximum atomic E-state index is 3.84. The second-order valence-electron chi connectivity index (χ2n) is 3.51. The van der Waals surface area contributed by atoms with E-state index in [4.69, 9.17) is 0 Å². The maximum absolute atomic E-state index is 3.84. The Kier molecular flexibility index (Phi) is 11.8. The molecular formula is C12H22S. The van der Waals surface area contributed by atoms with Crippen molar-refractivity contribution in [2.75, 3.05) is 0 Å². The predicted molar refractivity (Wildman–Crippen MR) is 64.0 cm³/mol. The van der Waals surface area contributed by atoms with Gasteiger partial charge >= 0.3 is 0 Å². The standard InChI is InChI=1S/C12H22S/c1-2-3-4-5-6-7-8-9-10-11-12-13/h13H,2-10H2,1H3. The zero-order valence-electron chi connectivity index (χ0n) is 8.81. The predicted octanol–water partition coefficient (Wildman–Crippen LogP) is 4.41. The Bertz CT molecular complexity index is 141. The fourth-order valence-corrected chi connectivity index (χ4v) is 1.51. The van der Waals surface area contributed by atoms with E-state index >= 15 is 0 Å². The van der Waals surface area contributed by atoms with Crippen molar-refractivity contribution in [3.05, 3.63) is 0 Å². The van der Waals surface area contributed by atoms with Crippen LogP contribution in [0.25, 0.3) is 0 Å². The van der Waals surface area contributed by atoms with Gasteiger partial charge in [0.05, 0.1) is 0 Å². The number of rotatable bonds is 8. The molecule has 0 N–H and O–H groups in total. The van der Waals surface area contributed by atoms with E-state index in [1.807, 2.05) is 0 Å². The molecule has 0 rings (SSSR count). The summed E-state index contributed by atoms with van der Waals surface area (Å²) in [6, 6.07) is 0. The molecule has 0 atom stereocenters. The topological polar surface area (TPSA) is 0 Å². The van der Waals surface area contributed by atoms with E-state index in [0.717, 1.165) is 6.42 Å². The highest BCUT2D eigenvalue weighted by Gasteiger charge is 1.89. The van der Waals surface area contributed by atoms with Gasteiger partial charge in [-0.3, -0.25) is 0 Å². The molecule has 0 spiro atoms. The quantitative estimate of drug-likeness (QED) is 0.333. The van der Waals surface area contributed by atoms with Gasteiger partial charge in [0.1, 0.15) is 0 Å². The average Bonchev–Trinajstić information content (AvgIpc) is 2.16. The van der Waals surface area contributed by atoms with Gasteiger partial charge in [0, 0.05) is 6.42 Å². The van der Waals surface area contributed by atoms with Crippen LogP contribution in [-0.2, 0) is 0 Å². The van der Waals surface area contributed by atoms with Crippen LogP contribution in [0.15, 0.2) is 0 Å². The summed E-state index contributed by atoms with van der Waals surface area (Å²) in [5.41, 5.74) is 0. The van der Waals surface area contributed by atoms with Crippen LogP contribution in [0.1, 0.15) is 64.7 Å². The summed E-state index contributed by atoms with van der Waals surface area (Å²) in [4.78, 5) is 0. The van der Waals surface area contributed by atoms with Crippen molar-refractivity contribution in [2.45, 2.75) is 64.7 Å². The molecule has 0 aromatic rings. The van der Waals surface area contributed by atoms with Crippen molar-refractivity contribution in [3.63, 3.8) is 0 Å². The van der Waals surface area contributed by atoms with Crippen molar-refractivity contribution in [3.8, 4) is 11.2 Å². The van der Waals surface area contributed by atoms with Gasteiger partial charge in [-0.15, -0.1) is 0 Å². The van der Waals surface area contributed by atoms with Crippen molar-refractivity contribution >= 4 is 12.6 Å². The van der Waals surface area contributed by atoms with Crippen LogP contribution in [-0.4, -0.2) is 0 Å². The number of unbranched alkanes of at least 4 members (excludes halogenated alkanes) is 8. The third kappa shape index (κ3) is 11.9. The summed E-state index contributed by atoms with van der Waals surface area (Å²) in [6.45, 7) is 2.26. The summed E-state index contributed by atoms with van der Waals surface area (Å²) in [6.07, 6.45) is 12.0. The smallest absolute Gasteiger partial charge is 0.00975 e. The molecule has 0 fully saturated rings. The van der Waals surface area contributed by atoms with Gasteiger partial charge in [-0.05, 0) is 11.7 Å². The van der Waals surface area contributed by atoms with Crippen LogP contribution in [0, 0.1) is 11.2 Å². The molecular weight excluding hydrogens is 176 g/mol. The molecule has 0 nitrogen and oxygen atoms in total. The monoisotopic (exact) mass is 198 g/mol. The highest BCUT2D eigenvalue weighted by Crippen LogP contribution is 2.08. The summed E-state index contributed by atoms with van der Waals surface area (Å²) in [5.74, 6) is 2.97. The first kappa shape index (κ1) is 12.9. The third-order valence-corrected chi connectivity index (χ3v) is 2.39. The highest BCUT2D eigenvalue weighted by molar-refractivity contribution is 7.85. The summed E-state index contributed by atoms with van der Waals surface area (Å²) in [7, 11) is 0. The fourth-order valence-electron chi connectivity index (χ4n) is 1.40. The van der Waals surface area contributed by atoms with Crippen LogP contribution in [0.2, 0.25) is 0 Å². The second kappa shape index (κ2) is 11.9. The first-order valence-electron chi connectivity index (χ1n) is 5.53. The maximum Gasteiger partial charge on any atom is 0.00975 e. The molecule has 0 aliphatic carbocycles. The molecule has 1 heteroatoms. The first-order valence-corrected chi connectivity index (χ1v) is 5.98. The highest BCUT2D eigenvalue weighted by atomic mass is 32.1. The van der Waals surface area contributed by atoms with Gasteiger partial charge in [0.2, 0.25) is 0 Å². The number of hydrogen-bond acceptors (Lipinski definition) is 1. The lowest BCUT2D eigenvalue weighted by Crippen LogP contribution is -1.79. The van der Waals surface area contributed by atoms with Crippen molar-refractivity contribution in [1.29, 1.82) is 0 Å². The van der Waals surface area contributed by atoms with E-state index in [-0.39, 0.29) is 0 Å². The zero-order valence-corrected chi connectivity index (χ0v) is 9.71. The summed E-state index contributed by atoms with van der Waals surface area (Å²) >= 11 is 3.84. The molecule has 0 unspecified atom stereocenters. The van der Waals surface area contributed by atoms with E-state index in [0.29, 0.717) is 0 Å². The van der Waals surface area contributed by atoms with Gasteiger partial charge < -0.3 is 0 Å². The summed E-state index contributed by atoms with van der Waals surface area (Å²) in [5, 5.41) is 2.63. The van der Waals surface area contributed by atoms with E-state index in [9.17, 15) is 0 Å². The molecule has 13 heavy (non-hydrogen) atoms. The molecule has 0 aliphatic rings. The van der Waals surface area contributed by atoms with Crippen molar-refractivity contribution < 1.29 is 0 Å². The molecule has 0 aromatic heterocycles. The van der Waals surface area contributed by atoms with E-state index < -0.39 is 0 Å². The molecule has 0 aromatic carbocycles. The third-order valence-electron chi connectivity index (χ3n) is 2.23. The Morgan fingerprint density at radius 3 is 1.92 bits per heavy atom. The lowest BCUT2D eigenvalue weighted by molar-refractivity contribution is 0.579. The van der Waals surface area contributed by atoms with Crippen LogP contribution >= 0.6 is 12.6 Å². The average molecular weight is 198 g/mol. The van der Waals surface area contributed by atoms with Crippen LogP contribution < -0.4 is 0 Å². The molecule has 76 valence electrons. The largest absolute Gasteiger partial charge is 0.0922 e. The van der Waals surface area contributed by atoms with E-state index in [1.165, 1.54) is 51.4 Å². The van der Waals surface area contributed by atoms with Crippen molar-refractivity contribution in [1.82, 2.24) is 0 Å². The number of thiol groups is 1. The number of hydrogen-bond donors (Lipinski definition) is 1. The minimum Gasteiger partial charge on any atom is -0.0922 e. The molecule has 0 heterocycles. The van der Waals surface area contributed by atoms with Gasteiger partial charge in [-0.2, -0.15) is 0 Å². The van der Waals surface area contributed by atoms with Crippen LogP contribution in [0.3, 0.4) is 0 Å². The fraction of sp³-hybridized carbons (Fsp3) is 0.833. The Hall–Kier alpha value is -0.0900. The normalized spacial score (nSPS) is 9.38. The Balaban J connectivity index is 2.86. The van der Waals surface area contributed by atoms with Crippen LogP contribution in [0.4, 0.5) is 0 Å². The molecule has 0 radical (unpaired) electrons. The zero-order chi connectivity index (χ0) is 9.78. The molecule has 0 bridgehead atoms. The minimum atomic E-state index is 1.03. The molecule has 0 aliphatic heterocycles. The molecule has 0 amide bonds. The van der Waals surface area contributed by atoms with Gasteiger partial charge in [0.15, 0.2) is 0 Å². The Morgan fingerprint density at radius 2 is 1.38 bits per heavy atom. The lowest BCUT2D eigenvalue weighted by Gasteiger charge is -1.98. The van der Waals surface area contributed by atoms with E-state index in [2.05, 4.69) is 30.7 Å². The first-order chi connectivity index (χ1) is 6.41. The lowest BCUT2D eigenvalue weighted by atomic mass is 10.1. The van der Waals surface area contributed by atoms with E-state index in [1.54, 1.807) is 0 Å². The van der Waals surface area contributed by atoms with Gasteiger partial charge in [0.25, 0.3) is 0 Å². The Labute approximate surface area is 88.9 Å². The van der Waals surface area contributed by atoms with Gasteiger partial charge in [-0.25, -0.2) is 0 Å².